The number of methoxy groups -OCH3 is 1. The number of hydroxylamine groups is 2. The summed E-state index contributed by atoms with van der Waals surface area (Å²) in [4.78, 5) is 39.3. The molecule has 2 rings (SSSR count). The highest BCUT2D eigenvalue weighted by atomic mass is 32.2. The maximum atomic E-state index is 11.8. The van der Waals surface area contributed by atoms with Crippen LogP contribution in [0.25, 0.3) is 0 Å². The Morgan fingerprint density at radius 3 is 2.27 bits per heavy atom. The molecule has 1 aliphatic heterocycles. The van der Waals surface area contributed by atoms with Crippen molar-refractivity contribution in [1.82, 2.24) is 5.06 Å². The SMILES string of the molecule is COC(=O)c1ccc(ON2C(=O)CCC2=O)c(S(C)(=O)=O)c1. The van der Waals surface area contributed by atoms with E-state index in [-0.39, 0.29) is 29.1 Å². The van der Waals surface area contributed by atoms with Crippen molar-refractivity contribution >= 4 is 27.6 Å². The van der Waals surface area contributed by atoms with Crippen molar-refractivity contribution in [2.45, 2.75) is 17.7 Å². The van der Waals surface area contributed by atoms with E-state index in [2.05, 4.69) is 4.74 Å². The van der Waals surface area contributed by atoms with Gasteiger partial charge in [0, 0.05) is 19.1 Å². The fourth-order valence-corrected chi connectivity index (χ4v) is 2.69. The van der Waals surface area contributed by atoms with Crippen LogP contribution in [-0.2, 0) is 24.2 Å². The molecule has 1 aromatic rings. The minimum absolute atomic E-state index is 0.00723. The molecule has 0 bridgehead atoms. The number of carbonyl (C=O) groups is 3. The van der Waals surface area contributed by atoms with Gasteiger partial charge in [0.2, 0.25) is 0 Å². The van der Waals surface area contributed by atoms with Crippen LogP contribution in [0.1, 0.15) is 23.2 Å². The summed E-state index contributed by atoms with van der Waals surface area (Å²) >= 11 is 0. The van der Waals surface area contributed by atoms with Gasteiger partial charge in [0.1, 0.15) is 4.90 Å². The van der Waals surface area contributed by atoms with Gasteiger partial charge >= 0.3 is 5.97 Å². The molecule has 8 nitrogen and oxygen atoms in total. The summed E-state index contributed by atoms with van der Waals surface area (Å²) in [6, 6.07) is 3.55. The topological polar surface area (TPSA) is 107 Å². The molecule has 1 saturated heterocycles. The third-order valence-corrected chi connectivity index (χ3v) is 4.08. The number of hydrogen-bond acceptors (Lipinski definition) is 7. The number of carbonyl (C=O) groups excluding carboxylic acids is 3. The summed E-state index contributed by atoms with van der Waals surface area (Å²) in [6.45, 7) is 0. The Hall–Kier alpha value is -2.42. The van der Waals surface area contributed by atoms with E-state index in [0.717, 1.165) is 19.4 Å². The maximum absolute atomic E-state index is 11.8. The second-order valence-corrected chi connectivity index (χ2v) is 6.58. The maximum Gasteiger partial charge on any atom is 0.337 e. The molecule has 9 heteroatoms. The van der Waals surface area contributed by atoms with E-state index >= 15 is 0 Å². The van der Waals surface area contributed by atoms with Crippen LogP contribution in [0, 0.1) is 0 Å². The van der Waals surface area contributed by atoms with E-state index in [0.29, 0.717) is 5.06 Å². The fraction of sp³-hybridized carbons (Fsp3) is 0.308. The van der Waals surface area contributed by atoms with Gasteiger partial charge in [-0.3, -0.25) is 9.59 Å². The minimum Gasteiger partial charge on any atom is -0.465 e. The first-order chi connectivity index (χ1) is 10.2. The van der Waals surface area contributed by atoms with E-state index in [4.69, 9.17) is 4.84 Å². The first kappa shape index (κ1) is 16.0. The molecular weight excluding hydrogens is 314 g/mol. The third kappa shape index (κ3) is 3.08. The van der Waals surface area contributed by atoms with Gasteiger partial charge in [-0.25, -0.2) is 13.2 Å². The second-order valence-electron chi connectivity index (χ2n) is 4.60. The molecule has 1 fully saturated rings. The number of ether oxygens (including phenoxy) is 1. The summed E-state index contributed by atoms with van der Waals surface area (Å²) in [5.74, 6) is -2.04. The zero-order chi connectivity index (χ0) is 16.5. The first-order valence-electron chi connectivity index (χ1n) is 6.20. The monoisotopic (exact) mass is 327 g/mol. The van der Waals surface area contributed by atoms with Crippen molar-refractivity contribution in [2.24, 2.45) is 0 Å². The molecule has 0 spiro atoms. The van der Waals surface area contributed by atoms with Gasteiger partial charge in [-0.1, -0.05) is 0 Å². The van der Waals surface area contributed by atoms with Crippen LogP contribution in [0.4, 0.5) is 0 Å². The average molecular weight is 327 g/mol. The molecule has 0 aliphatic carbocycles. The predicted molar refractivity (Wildman–Crippen MR) is 72.6 cm³/mol. The lowest BCUT2D eigenvalue weighted by Crippen LogP contribution is -2.33. The number of hydrogen-bond donors (Lipinski definition) is 0. The lowest BCUT2D eigenvalue weighted by molar-refractivity contribution is -0.164. The molecule has 0 aromatic heterocycles. The third-order valence-electron chi connectivity index (χ3n) is 2.96. The molecule has 2 amide bonds. The standard InChI is InChI=1S/C13H13NO7S/c1-20-13(17)8-3-4-9(10(7-8)22(2,18)19)21-14-11(15)5-6-12(14)16/h3-4,7H,5-6H2,1-2H3. The van der Waals surface area contributed by atoms with Crippen LogP contribution >= 0.6 is 0 Å². The smallest absolute Gasteiger partial charge is 0.337 e. The van der Waals surface area contributed by atoms with Crippen molar-refractivity contribution < 1.29 is 32.4 Å². The Labute approximate surface area is 126 Å². The Morgan fingerprint density at radius 1 is 1.18 bits per heavy atom. The number of rotatable bonds is 4. The van der Waals surface area contributed by atoms with Crippen LogP contribution in [0.5, 0.6) is 5.75 Å². The van der Waals surface area contributed by atoms with Gasteiger partial charge in [0.15, 0.2) is 15.6 Å². The quantitative estimate of drug-likeness (QED) is 0.579. The van der Waals surface area contributed by atoms with Crippen molar-refractivity contribution in [2.75, 3.05) is 13.4 Å². The zero-order valence-electron chi connectivity index (χ0n) is 11.9. The van der Waals surface area contributed by atoms with Gasteiger partial charge in [-0.05, 0) is 18.2 Å². The minimum atomic E-state index is -3.76. The molecule has 0 saturated carbocycles. The van der Waals surface area contributed by atoms with Crippen molar-refractivity contribution in [1.29, 1.82) is 0 Å². The highest BCUT2D eigenvalue weighted by molar-refractivity contribution is 7.90. The van der Waals surface area contributed by atoms with Crippen LogP contribution in [-0.4, -0.2) is 44.6 Å². The van der Waals surface area contributed by atoms with Gasteiger partial charge in [0.25, 0.3) is 11.8 Å². The zero-order valence-corrected chi connectivity index (χ0v) is 12.7. The molecule has 0 N–H and O–H groups in total. The largest absolute Gasteiger partial charge is 0.465 e. The number of benzene rings is 1. The van der Waals surface area contributed by atoms with Crippen LogP contribution in [0.2, 0.25) is 0 Å². The Kier molecular flexibility index (Phi) is 4.18. The average Bonchev–Trinajstić information content (AvgIpc) is 2.77. The number of nitrogens with zero attached hydrogens (tertiary/aromatic N) is 1. The summed E-state index contributed by atoms with van der Waals surface area (Å²) in [5.41, 5.74) is 0.00866. The summed E-state index contributed by atoms with van der Waals surface area (Å²) in [5, 5.41) is 0.530. The first-order valence-corrected chi connectivity index (χ1v) is 8.09. The van der Waals surface area contributed by atoms with Gasteiger partial charge in [-0.2, -0.15) is 0 Å². The molecule has 1 heterocycles. The number of sulfone groups is 1. The van der Waals surface area contributed by atoms with Crippen LogP contribution in [0.15, 0.2) is 23.1 Å². The van der Waals surface area contributed by atoms with Crippen molar-refractivity contribution in [3.05, 3.63) is 23.8 Å². The fourth-order valence-electron chi connectivity index (χ4n) is 1.87. The summed E-state index contributed by atoms with van der Waals surface area (Å²) in [6.07, 6.45) is 0.935. The second kappa shape index (κ2) is 5.76. The summed E-state index contributed by atoms with van der Waals surface area (Å²) < 4.78 is 28.2. The predicted octanol–water partition coefficient (Wildman–Crippen LogP) is 0.320. The van der Waals surface area contributed by atoms with Gasteiger partial charge in [0.05, 0.1) is 12.7 Å². The Morgan fingerprint density at radius 2 is 1.77 bits per heavy atom. The van der Waals surface area contributed by atoms with Gasteiger partial charge in [-0.15, -0.1) is 5.06 Å². The highest BCUT2D eigenvalue weighted by Gasteiger charge is 2.32. The Bertz CT molecular complexity index is 738. The van der Waals surface area contributed by atoms with E-state index < -0.39 is 27.6 Å². The van der Waals surface area contributed by atoms with Crippen molar-refractivity contribution in [3.63, 3.8) is 0 Å². The number of imide groups is 1. The molecule has 0 radical (unpaired) electrons. The molecule has 0 unspecified atom stereocenters. The molecule has 1 aliphatic rings. The molecule has 0 atom stereocenters. The van der Waals surface area contributed by atoms with E-state index in [1.165, 1.54) is 12.1 Å². The van der Waals surface area contributed by atoms with E-state index in [9.17, 15) is 22.8 Å². The normalized spacial score (nSPS) is 15.1. The highest BCUT2D eigenvalue weighted by Crippen LogP contribution is 2.28. The summed E-state index contributed by atoms with van der Waals surface area (Å²) in [7, 11) is -2.60. The molecule has 1 aromatic carbocycles. The Balaban J connectivity index is 2.45. The van der Waals surface area contributed by atoms with Crippen LogP contribution < -0.4 is 4.84 Å². The van der Waals surface area contributed by atoms with Crippen molar-refractivity contribution in [3.8, 4) is 5.75 Å². The molecule has 22 heavy (non-hydrogen) atoms. The lowest BCUT2D eigenvalue weighted by Gasteiger charge is -2.16. The van der Waals surface area contributed by atoms with E-state index in [1.54, 1.807) is 0 Å². The lowest BCUT2D eigenvalue weighted by atomic mass is 10.2. The van der Waals surface area contributed by atoms with E-state index in [1.807, 2.05) is 0 Å². The van der Waals surface area contributed by atoms with Crippen LogP contribution in [0.3, 0.4) is 0 Å². The molecular formula is C13H13NO7S. The molecule has 118 valence electrons. The number of esters is 1. The van der Waals surface area contributed by atoms with Gasteiger partial charge < -0.3 is 9.57 Å². The number of amides is 2.